The molecule has 0 spiro atoms. The van der Waals surface area contributed by atoms with Crippen LogP contribution in [0.2, 0.25) is 0 Å². The van der Waals surface area contributed by atoms with Crippen molar-refractivity contribution in [2.75, 3.05) is 51.2 Å². The smallest absolute Gasteiger partial charge is 0.151 e. The average Bonchev–Trinajstić information content (AvgIpc) is 3.23. The molecule has 0 N–H and O–H groups in total. The third-order valence-corrected chi connectivity index (χ3v) is 5.85. The molecule has 3 heterocycles. The van der Waals surface area contributed by atoms with E-state index in [4.69, 9.17) is 0 Å². The zero-order valence-electron chi connectivity index (χ0n) is 15.9. The summed E-state index contributed by atoms with van der Waals surface area (Å²) in [6, 6.07) is 13.6. The molecular formula is C21H29N5. The minimum atomic E-state index is 0.497. The van der Waals surface area contributed by atoms with E-state index in [-0.39, 0.29) is 0 Å². The molecule has 2 aliphatic heterocycles. The summed E-state index contributed by atoms with van der Waals surface area (Å²) in [7, 11) is 2.17. The maximum Gasteiger partial charge on any atom is 0.151 e. The Balaban J connectivity index is 1.44. The van der Waals surface area contributed by atoms with Gasteiger partial charge in [0.05, 0.1) is 5.69 Å². The van der Waals surface area contributed by atoms with Gasteiger partial charge in [-0.05, 0) is 57.6 Å². The van der Waals surface area contributed by atoms with Crippen LogP contribution < -0.4 is 4.90 Å². The highest BCUT2D eigenvalue weighted by Crippen LogP contribution is 2.27. The monoisotopic (exact) mass is 351 g/mol. The van der Waals surface area contributed by atoms with Gasteiger partial charge >= 0.3 is 0 Å². The summed E-state index contributed by atoms with van der Waals surface area (Å²) in [4.78, 5) is 7.24. The number of hydrogen-bond donors (Lipinski definition) is 0. The Bertz CT molecular complexity index is 698. The quantitative estimate of drug-likeness (QED) is 0.846. The van der Waals surface area contributed by atoms with Crippen molar-refractivity contribution in [2.24, 2.45) is 0 Å². The summed E-state index contributed by atoms with van der Waals surface area (Å²) in [5.74, 6) is 0.987. The van der Waals surface area contributed by atoms with Crippen LogP contribution in [0, 0.1) is 0 Å². The Hall–Kier alpha value is -1.98. The molecule has 1 aromatic heterocycles. The van der Waals surface area contributed by atoms with Gasteiger partial charge in [0, 0.05) is 37.8 Å². The van der Waals surface area contributed by atoms with Gasteiger partial charge in [0.15, 0.2) is 5.82 Å². The van der Waals surface area contributed by atoms with Crippen molar-refractivity contribution in [3.8, 4) is 11.3 Å². The molecular weight excluding hydrogens is 322 g/mol. The summed E-state index contributed by atoms with van der Waals surface area (Å²) < 4.78 is 0. The fourth-order valence-electron chi connectivity index (χ4n) is 3.96. The van der Waals surface area contributed by atoms with Gasteiger partial charge < -0.3 is 9.80 Å². The van der Waals surface area contributed by atoms with Crippen molar-refractivity contribution in [1.82, 2.24) is 20.0 Å². The number of rotatable bonds is 4. The number of likely N-dealkylation sites (tertiary alicyclic amines) is 1. The third kappa shape index (κ3) is 3.74. The molecule has 0 aliphatic carbocycles. The largest absolute Gasteiger partial charge is 0.353 e. The van der Waals surface area contributed by atoms with Crippen LogP contribution in [0.15, 0.2) is 36.4 Å². The molecule has 26 heavy (non-hydrogen) atoms. The molecule has 0 bridgehead atoms. The number of hydrogen-bond acceptors (Lipinski definition) is 5. The van der Waals surface area contributed by atoms with Crippen molar-refractivity contribution in [1.29, 1.82) is 0 Å². The lowest BCUT2D eigenvalue weighted by Crippen LogP contribution is -2.44. The summed E-state index contributed by atoms with van der Waals surface area (Å²) in [6.07, 6.45) is 2.66. The lowest BCUT2D eigenvalue weighted by atomic mass is 10.0. The van der Waals surface area contributed by atoms with Gasteiger partial charge in [-0.15, -0.1) is 10.2 Å². The van der Waals surface area contributed by atoms with Gasteiger partial charge in [-0.25, -0.2) is 0 Å². The first-order valence-electron chi connectivity index (χ1n) is 9.82. The Labute approximate surface area is 156 Å². The SMILES string of the molecule is CC(c1ccc(-c2ccc(N3CCN(C)CC3)nn2)cc1)N1CCCC1. The second-order valence-corrected chi connectivity index (χ2v) is 7.61. The molecule has 2 fully saturated rings. The number of aromatic nitrogens is 2. The standard InChI is InChI=1S/C21H29N5/c1-17(25-11-3-4-12-25)18-5-7-19(8-6-18)20-9-10-21(23-22-20)26-15-13-24(2)14-16-26/h5-10,17H,3-4,11-16H2,1-2H3. The first-order chi connectivity index (χ1) is 12.7. The van der Waals surface area contributed by atoms with Crippen LogP contribution in [0.3, 0.4) is 0 Å². The second-order valence-electron chi connectivity index (χ2n) is 7.61. The molecule has 1 unspecified atom stereocenters. The fourth-order valence-corrected chi connectivity index (χ4v) is 3.96. The van der Waals surface area contributed by atoms with Crippen LogP contribution in [0.5, 0.6) is 0 Å². The Kier molecular flexibility index (Phi) is 5.18. The fraction of sp³-hybridized carbons (Fsp3) is 0.524. The number of benzene rings is 1. The minimum Gasteiger partial charge on any atom is -0.353 e. The highest BCUT2D eigenvalue weighted by molar-refractivity contribution is 5.60. The van der Waals surface area contributed by atoms with Gasteiger partial charge in [-0.3, -0.25) is 4.90 Å². The summed E-state index contributed by atoms with van der Waals surface area (Å²) >= 11 is 0. The molecule has 0 radical (unpaired) electrons. The highest BCUT2D eigenvalue weighted by atomic mass is 15.3. The first-order valence-corrected chi connectivity index (χ1v) is 9.82. The third-order valence-electron chi connectivity index (χ3n) is 5.85. The summed E-state index contributed by atoms with van der Waals surface area (Å²) in [5, 5.41) is 8.95. The normalized spacial score (nSPS) is 20.5. The van der Waals surface area contributed by atoms with E-state index in [1.807, 2.05) is 0 Å². The molecule has 5 nitrogen and oxygen atoms in total. The van der Waals surface area contributed by atoms with Gasteiger partial charge in [0.2, 0.25) is 0 Å². The lowest BCUT2D eigenvalue weighted by molar-refractivity contribution is 0.263. The molecule has 0 saturated carbocycles. The molecule has 1 atom stereocenters. The van der Waals surface area contributed by atoms with Crippen molar-refractivity contribution >= 4 is 5.82 Å². The highest BCUT2D eigenvalue weighted by Gasteiger charge is 2.19. The van der Waals surface area contributed by atoms with E-state index in [1.165, 1.54) is 31.5 Å². The molecule has 2 saturated heterocycles. The van der Waals surface area contributed by atoms with Crippen LogP contribution in [-0.4, -0.2) is 66.3 Å². The first kappa shape index (κ1) is 17.4. The summed E-state index contributed by atoms with van der Waals surface area (Å²) in [5.41, 5.74) is 3.47. The van der Waals surface area contributed by atoms with Crippen LogP contribution >= 0.6 is 0 Å². The van der Waals surface area contributed by atoms with Gasteiger partial charge in [0.25, 0.3) is 0 Å². The predicted octanol–water partition coefficient (Wildman–Crippen LogP) is 3.05. The number of nitrogens with zero attached hydrogens (tertiary/aromatic N) is 5. The minimum absolute atomic E-state index is 0.497. The van der Waals surface area contributed by atoms with Gasteiger partial charge in [0.1, 0.15) is 0 Å². The molecule has 4 rings (SSSR count). The average molecular weight is 351 g/mol. The Morgan fingerprint density at radius 2 is 1.50 bits per heavy atom. The van der Waals surface area contributed by atoms with E-state index in [9.17, 15) is 0 Å². The van der Waals surface area contributed by atoms with E-state index in [0.717, 1.165) is 43.3 Å². The Morgan fingerprint density at radius 3 is 2.12 bits per heavy atom. The molecule has 2 aromatic rings. The van der Waals surface area contributed by atoms with E-state index in [0.29, 0.717) is 6.04 Å². The Morgan fingerprint density at radius 1 is 0.808 bits per heavy atom. The van der Waals surface area contributed by atoms with Crippen LogP contribution in [0.25, 0.3) is 11.3 Å². The second kappa shape index (κ2) is 7.72. The molecule has 138 valence electrons. The number of anilines is 1. The summed E-state index contributed by atoms with van der Waals surface area (Å²) in [6.45, 7) is 8.97. The molecule has 2 aliphatic rings. The molecule has 1 aromatic carbocycles. The van der Waals surface area contributed by atoms with Crippen molar-refractivity contribution in [3.05, 3.63) is 42.0 Å². The van der Waals surface area contributed by atoms with E-state index in [1.54, 1.807) is 0 Å². The van der Waals surface area contributed by atoms with Crippen molar-refractivity contribution in [3.63, 3.8) is 0 Å². The maximum atomic E-state index is 4.48. The zero-order valence-corrected chi connectivity index (χ0v) is 15.9. The lowest BCUT2D eigenvalue weighted by Gasteiger charge is -2.32. The zero-order chi connectivity index (χ0) is 17.9. The van der Waals surface area contributed by atoms with Gasteiger partial charge in [-0.2, -0.15) is 0 Å². The van der Waals surface area contributed by atoms with Crippen LogP contribution in [0.4, 0.5) is 5.82 Å². The van der Waals surface area contributed by atoms with E-state index >= 15 is 0 Å². The predicted molar refractivity (Wildman–Crippen MR) is 106 cm³/mol. The van der Waals surface area contributed by atoms with E-state index < -0.39 is 0 Å². The number of piperazine rings is 1. The topological polar surface area (TPSA) is 35.5 Å². The van der Waals surface area contributed by atoms with Crippen LogP contribution in [-0.2, 0) is 0 Å². The van der Waals surface area contributed by atoms with Gasteiger partial charge in [-0.1, -0.05) is 24.3 Å². The molecule has 5 heteroatoms. The molecule has 0 amide bonds. The van der Waals surface area contributed by atoms with Crippen LogP contribution in [0.1, 0.15) is 31.4 Å². The van der Waals surface area contributed by atoms with Crippen molar-refractivity contribution < 1.29 is 0 Å². The maximum absolute atomic E-state index is 4.48. The van der Waals surface area contributed by atoms with E-state index in [2.05, 4.69) is 75.3 Å². The number of likely N-dealkylation sites (N-methyl/N-ethyl adjacent to an activating group) is 1. The van der Waals surface area contributed by atoms with Crippen molar-refractivity contribution in [2.45, 2.75) is 25.8 Å².